The Balaban J connectivity index is 4.47. The Morgan fingerprint density at radius 2 is 1.38 bits per heavy atom. The molecule has 0 aromatic heterocycles. The van der Waals surface area contributed by atoms with E-state index in [9.17, 15) is 0 Å². The van der Waals surface area contributed by atoms with E-state index in [-0.39, 0.29) is 5.92 Å². The number of rotatable bonds is 18. The summed E-state index contributed by atoms with van der Waals surface area (Å²) in [7, 11) is 3.30. The molecule has 0 aliphatic carbocycles. The molecule has 0 aromatic carbocycles. The Morgan fingerprint density at radius 3 is 1.92 bits per heavy atom. The minimum absolute atomic E-state index is 0.227. The summed E-state index contributed by atoms with van der Waals surface area (Å²) in [6, 6.07) is 0. The Hall–Kier alpha value is 0.170. The van der Waals surface area contributed by atoms with Crippen molar-refractivity contribution in [2.45, 2.75) is 110 Å². The first-order valence-electron chi connectivity index (χ1n) is 10.9. The van der Waals surface area contributed by atoms with Gasteiger partial charge in [0.05, 0.1) is 6.10 Å². The van der Waals surface area contributed by atoms with E-state index in [1.165, 1.54) is 44.9 Å². The molecular formula is C22H45ClO3. The number of halogens is 1. The number of alkyl halides is 1. The first kappa shape index (κ1) is 26.2. The number of methoxy groups -OCH3 is 2. The summed E-state index contributed by atoms with van der Waals surface area (Å²) in [6.07, 6.45) is 13.7. The molecule has 0 N–H and O–H groups in total. The van der Waals surface area contributed by atoms with Gasteiger partial charge in [-0.05, 0) is 39.0 Å². The van der Waals surface area contributed by atoms with Crippen molar-refractivity contribution in [1.29, 1.82) is 0 Å². The second kappa shape index (κ2) is 16.2. The third-order valence-corrected chi connectivity index (χ3v) is 6.31. The minimum atomic E-state index is -0.989. The molecule has 0 saturated carbocycles. The van der Waals surface area contributed by atoms with E-state index in [0.717, 1.165) is 32.3 Å². The summed E-state index contributed by atoms with van der Waals surface area (Å²) >= 11 is 6.63. The van der Waals surface area contributed by atoms with E-state index in [0.29, 0.717) is 12.0 Å². The van der Waals surface area contributed by atoms with Crippen LogP contribution in [0.25, 0.3) is 0 Å². The van der Waals surface area contributed by atoms with Crippen molar-refractivity contribution >= 4 is 11.6 Å². The van der Waals surface area contributed by atoms with Gasteiger partial charge in [0.2, 0.25) is 0 Å². The van der Waals surface area contributed by atoms with Crippen LogP contribution in [-0.4, -0.2) is 32.2 Å². The molecule has 3 unspecified atom stereocenters. The van der Waals surface area contributed by atoms with Crippen molar-refractivity contribution in [3.8, 4) is 0 Å². The largest absolute Gasteiger partial charge is 0.379 e. The van der Waals surface area contributed by atoms with Gasteiger partial charge in [0.25, 0.3) is 5.25 Å². The smallest absolute Gasteiger partial charge is 0.250 e. The molecule has 0 amide bonds. The average Bonchev–Trinajstić information content (AvgIpc) is 2.65. The van der Waals surface area contributed by atoms with Gasteiger partial charge in [0.1, 0.15) is 0 Å². The molecule has 0 aliphatic heterocycles. The van der Waals surface area contributed by atoms with Gasteiger partial charge < -0.3 is 14.2 Å². The van der Waals surface area contributed by atoms with Gasteiger partial charge in [-0.1, -0.05) is 76.8 Å². The van der Waals surface area contributed by atoms with Crippen molar-refractivity contribution in [3.05, 3.63) is 0 Å². The highest BCUT2D eigenvalue weighted by Crippen LogP contribution is 2.36. The van der Waals surface area contributed by atoms with Crippen LogP contribution in [0.1, 0.15) is 98.3 Å². The molecule has 26 heavy (non-hydrogen) atoms. The van der Waals surface area contributed by atoms with E-state index < -0.39 is 5.25 Å². The van der Waals surface area contributed by atoms with Crippen LogP contribution >= 0.6 is 11.6 Å². The Morgan fingerprint density at radius 1 is 0.808 bits per heavy atom. The Labute approximate surface area is 168 Å². The molecule has 0 saturated heterocycles. The van der Waals surface area contributed by atoms with E-state index in [1.807, 2.05) is 0 Å². The van der Waals surface area contributed by atoms with Crippen LogP contribution in [-0.2, 0) is 14.2 Å². The Kier molecular flexibility index (Phi) is 16.3. The molecule has 0 fully saturated rings. The molecule has 158 valence electrons. The monoisotopic (exact) mass is 392 g/mol. The van der Waals surface area contributed by atoms with Gasteiger partial charge in [0, 0.05) is 26.7 Å². The molecule has 0 spiro atoms. The quantitative estimate of drug-likeness (QED) is 0.141. The zero-order chi connectivity index (χ0) is 19.8. The van der Waals surface area contributed by atoms with Crippen molar-refractivity contribution in [2.75, 3.05) is 20.8 Å². The lowest BCUT2D eigenvalue weighted by molar-refractivity contribution is -0.179. The molecule has 0 heterocycles. The predicted molar refractivity (Wildman–Crippen MR) is 113 cm³/mol. The minimum Gasteiger partial charge on any atom is -0.379 e. The fourth-order valence-electron chi connectivity index (χ4n) is 3.87. The van der Waals surface area contributed by atoms with Gasteiger partial charge in [-0.3, -0.25) is 0 Å². The van der Waals surface area contributed by atoms with Crippen LogP contribution in [0.3, 0.4) is 0 Å². The standard InChI is InChI=1S/C22H45ClO3/c1-7-10-11-12-13-14-17-21(22(23,24-5)25-6)18-15-16-20(8-2)19(4)26-9-3/h19-21H,7-18H2,1-6H3. The number of hydrogen-bond acceptors (Lipinski definition) is 3. The van der Waals surface area contributed by atoms with E-state index >= 15 is 0 Å². The molecule has 0 rings (SSSR count). The van der Waals surface area contributed by atoms with Gasteiger partial charge in [-0.15, -0.1) is 0 Å². The van der Waals surface area contributed by atoms with Gasteiger partial charge in [-0.25, -0.2) is 0 Å². The molecule has 4 heteroatoms. The van der Waals surface area contributed by atoms with Crippen LogP contribution in [0.5, 0.6) is 0 Å². The van der Waals surface area contributed by atoms with E-state index in [2.05, 4.69) is 27.7 Å². The molecule has 0 aromatic rings. The van der Waals surface area contributed by atoms with Crippen LogP contribution in [0.2, 0.25) is 0 Å². The first-order chi connectivity index (χ1) is 12.5. The van der Waals surface area contributed by atoms with Gasteiger partial charge in [-0.2, -0.15) is 0 Å². The van der Waals surface area contributed by atoms with Crippen molar-refractivity contribution in [1.82, 2.24) is 0 Å². The number of ether oxygens (including phenoxy) is 3. The summed E-state index contributed by atoms with van der Waals surface area (Å²) in [5, 5.41) is -0.989. The molecule has 0 radical (unpaired) electrons. The highest BCUT2D eigenvalue weighted by atomic mass is 35.5. The third-order valence-electron chi connectivity index (χ3n) is 5.70. The zero-order valence-corrected chi connectivity index (χ0v) is 19.1. The highest BCUT2D eigenvalue weighted by Gasteiger charge is 2.36. The van der Waals surface area contributed by atoms with Crippen molar-refractivity contribution < 1.29 is 14.2 Å². The average molecular weight is 393 g/mol. The lowest BCUT2D eigenvalue weighted by Crippen LogP contribution is -2.36. The van der Waals surface area contributed by atoms with E-state index in [1.54, 1.807) is 14.2 Å². The molecular weight excluding hydrogens is 348 g/mol. The summed E-state index contributed by atoms with van der Waals surface area (Å²) in [5.41, 5.74) is 0. The van der Waals surface area contributed by atoms with Crippen LogP contribution in [0.15, 0.2) is 0 Å². The fraction of sp³-hybridized carbons (Fsp3) is 1.00. The first-order valence-corrected chi connectivity index (χ1v) is 11.3. The van der Waals surface area contributed by atoms with Gasteiger partial charge in [0.15, 0.2) is 0 Å². The Bertz CT molecular complexity index is 308. The summed E-state index contributed by atoms with van der Waals surface area (Å²) in [4.78, 5) is 0. The van der Waals surface area contributed by atoms with Crippen molar-refractivity contribution in [3.63, 3.8) is 0 Å². The molecule has 3 atom stereocenters. The summed E-state index contributed by atoms with van der Waals surface area (Å²) in [5.74, 6) is 0.838. The number of unbranched alkanes of at least 4 members (excludes halogenated alkanes) is 5. The fourth-order valence-corrected chi connectivity index (χ4v) is 4.09. The highest BCUT2D eigenvalue weighted by molar-refractivity contribution is 6.22. The summed E-state index contributed by atoms with van der Waals surface area (Å²) in [6.45, 7) is 9.56. The van der Waals surface area contributed by atoms with Crippen LogP contribution in [0, 0.1) is 11.8 Å². The maximum Gasteiger partial charge on any atom is 0.250 e. The van der Waals surface area contributed by atoms with Crippen LogP contribution in [0.4, 0.5) is 0 Å². The third kappa shape index (κ3) is 10.5. The lowest BCUT2D eigenvalue weighted by atomic mass is 9.89. The molecule has 0 bridgehead atoms. The lowest BCUT2D eigenvalue weighted by Gasteiger charge is -2.33. The maximum absolute atomic E-state index is 6.63. The molecule has 3 nitrogen and oxygen atoms in total. The zero-order valence-electron chi connectivity index (χ0n) is 18.3. The SMILES string of the molecule is CCCCCCCCC(CCCC(CC)C(C)OCC)C(Cl)(OC)OC. The van der Waals surface area contributed by atoms with Crippen LogP contribution < -0.4 is 0 Å². The second-order valence-electron chi connectivity index (χ2n) is 7.50. The van der Waals surface area contributed by atoms with E-state index in [4.69, 9.17) is 25.8 Å². The predicted octanol–water partition coefficient (Wildman–Crippen LogP) is 7.16. The van der Waals surface area contributed by atoms with Crippen molar-refractivity contribution in [2.24, 2.45) is 11.8 Å². The maximum atomic E-state index is 6.63. The normalized spacial score (nSPS) is 15.8. The second-order valence-corrected chi connectivity index (χ2v) is 8.03. The molecule has 0 aliphatic rings. The topological polar surface area (TPSA) is 27.7 Å². The number of hydrogen-bond donors (Lipinski definition) is 0. The van der Waals surface area contributed by atoms with Gasteiger partial charge >= 0.3 is 0 Å². The summed E-state index contributed by atoms with van der Waals surface area (Å²) < 4.78 is 16.9.